The third-order valence-corrected chi connectivity index (χ3v) is 3.72. The van der Waals surface area contributed by atoms with Gasteiger partial charge in [0.05, 0.1) is 12.2 Å². The molecule has 0 aliphatic carbocycles. The number of benzene rings is 2. The number of amides is 2. The smallest absolute Gasteiger partial charge is 0.368 e. The Labute approximate surface area is 154 Å². The molecule has 0 aliphatic rings. The number of nitrogens with two attached hydrogens (primary N) is 1. The molecule has 0 fully saturated rings. The Morgan fingerprint density at radius 1 is 1.04 bits per heavy atom. The maximum atomic E-state index is 12.8. The number of alkyl halides is 3. The van der Waals surface area contributed by atoms with Crippen LogP contribution in [0.25, 0.3) is 0 Å². The Balaban J connectivity index is 1.91. The maximum Gasteiger partial charge on any atom is 0.416 e. The van der Waals surface area contributed by atoms with Crippen LogP contribution >= 0.6 is 0 Å². The molecule has 0 saturated heterocycles. The average molecular weight is 380 g/mol. The second-order valence-corrected chi connectivity index (χ2v) is 5.90. The third-order valence-electron chi connectivity index (χ3n) is 3.72. The van der Waals surface area contributed by atoms with Crippen LogP contribution in [0.4, 0.5) is 13.2 Å². The minimum atomic E-state index is -4.49. The Morgan fingerprint density at radius 3 is 2.33 bits per heavy atom. The van der Waals surface area contributed by atoms with Crippen molar-refractivity contribution in [3.63, 3.8) is 0 Å². The van der Waals surface area contributed by atoms with Crippen molar-refractivity contribution in [1.82, 2.24) is 5.32 Å². The highest BCUT2D eigenvalue weighted by atomic mass is 19.4. The average Bonchev–Trinajstić information content (AvgIpc) is 2.61. The Kier molecular flexibility index (Phi) is 6.95. The van der Waals surface area contributed by atoms with Gasteiger partial charge in [-0.1, -0.05) is 48.5 Å². The normalized spacial score (nSPS) is 12.4. The van der Waals surface area contributed by atoms with E-state index in [1.165, 1.54) is 12.1 Å². The van der Waals surface area contributed by atoms with Crippen LogP contribution in [0, 0.1) is 0 Å². The summed E-state index contributed by atoms with van der Waals surface area (Å²) in [6.45, 7) is -0.0929. The summed E-state index contributed by atoms with van der Waals surface area (Å²) in [5.74, 6) is -1.43. The molecule has 0 spiro atoms. The summed E-state index contributed by atoms with van der Waals surface area (Å²) < 4.78 is 43.6. The van der Waals surface area contributed by atoms with Gasteiger partial charge in [-0.25, -0.2) is 0 Å². The van der Waals surface area contributed by atoms with Gasteiger partial charge in [0.2, 0.25) is 11.8 Å². The van der Waals surface area contributed by atoms with Gasteiger partial charge in [-0.15, -0.1) is 0 Å². The standard InChI is InChI=1S/C19H19F3N2O3/c20-19(21,22)15-8-4-7-14(9-15)10-16(18(23)26)24-17(25)12-27-11-13-5-2-1-3-6-13/h1-9,16H,10-12H2,(H2,23,26)(H,24,25)/t16-/m0/s1. The van der Waals surface area contributed by atoms with Crippen LogP contribution in [-0.2, 0) is 33.5 Å². The fraction of sp³-hybridized carbons (Fsp3) is 0.263. The van der Waals surface area contributed by atoms with Gasteiger partial charge >= 0.3 is 6.18 Å². The third kappa shape index (κ3) is 6.74. The van der Waals surface area contributed by atoms with Gasteiger partial charge in [0.15, 0.2) is 0 Å². The summed E-state index contributed by atoms with van der Waals surface area (Å²) in [7, 11) is 0. The molecule has 0 aliphatic heterocycles. The number of nitrogens with one attached hydrogen (secondary N) is 1. The van der Waals surface area contributed by atoms with Crippen LogP contribution in [0.2, 0.25) is 0 Å². The fourth-order valence-electron chi connectivity index (χ4n) is 2.40. The number of hydrogen-bond donors (Lipinski definition) is 2. The minimum absolute atomic E-state index is 0.149. The molecule has 0 unspecified atom stereocenters. The van der Waals surface area contributed by atoms with Crippen molar-refractivity contribution in [2.24, 2.45) is 5.73 Å². The Morgan fingerprint density at radius 2 is 1.70 bits per heavy atom. The molecule has 1 atom stereocenters. The van der Waals surface area contributed by atoms with Gasteiger partial charge in [-0.05, 0) is 17.2 Å². The van der Waals surface area contributed by atoms with E-state index in [1.807, 2.05) is 30.3 Å². The zero-order chi connectivity index (χ0) is 19.9. The lowest BCUT2D eigenvalue weighted by Gasteiger charge is -2.16. The highest BCUT2D eigenvalue weighted by molar-refractivity contribution is 5.87. The number of halogens is 3. The largest absolute Gasteiger partial charge is 0.416 e. The Bertz CT molecular complexity index is 779. The molecule has 0 radical (unpaired) electrons. The number of primary amides is 1. The molecule has 2 aromatic rings. The highest BCUT2D eigenvalue weighted by Gasteiger charge is 2.30. The first-order valence-electron chi connectivity index (χ1n) is 8.12. The molecule has 2 rings (SSSR count). The van der Waals surface area contributed by atoms with Crippen molar-refractivity contribution >= 4 is 11.8 Å². The van der Waals surface area contributed by atoms with Crippen LogP contribution in [0.3, 0.4) is 0 Å². The van der Waals surface area contributed by atoms with Gasteiger partial charge in [0, 0.05) is 6.42 Å². The maximum absolute atomic E-state index is 12.8. The molecule has 2 amide bonds. The van der Waals surface area contributed by atoms with E-state index < -0.39 is 29.6 Å². The number of carbonyl (C=O) groups excluding carboxylic acids is 2. The van der Waals surface area contributed by atoms with Gasteiger partial charge in [0.1, 0.15) is 12.6 Å². The van der Waals surface area contributed by atoms with E-state index in [9.17, 15) is 22.8 Å². The molecule has 0 saturated carbocycles. The molecule has 2 aromatic carbocycles. The number of carbonyl (C=O) groups is 2. The lowest BCUT2D eigenvalue weighted by molar-refractivity contribution is -0.137. The molecule has 0 aromatic heterocycles. The van der Waals surface area contributed by atoms with Gasteiger partial charge < -0.3 is 15.8 Å². The molecule has 144 valence electrons. The van der Waals surface area contributed by atoms with E-state index in [1.54, 1.807) is 0 Å². The van der Waals surface area contributed by atoms with Crippen molar-refractivity contribution < 1.29 is 27.5 Å². The van der Waals surface area contributed by atoms with E-state index in [-0.39, 0.29) is 25.2 Å². The molecular formula is C19H19F3N2O3. The van der Waals surface area contributed by atoms with Gasteiger partial charge in [-0.3, -0.25) is 9.59 Å². The molecule has 0 bridgehead atoms. The van der Waals surface area contributed by atoms with Crippen LogP contribution in [0.1, 0.15) is 16.7 Å². The minimum Gasteiger partial charge on any atom is -0.368 e. The SMILES string of the molecule is NC(=O)[C@H](Cc1cccc(C(F)(F)F)c1)NC(=O)COCc1ccccc1. The Hall–Kier alpha value is -2.87. The summed E-state index contributed by atoms with van der Waals surface area (Å²) in [5.41, 5.74) is 5.54. The van der Waals surface area contributed by atoms with Crippen molar-refractivity contribution in [2.45, 2.75) is 25.2 Å². The zero-order valence-electron chi connectivity index (χ0n) is 14.3. The monoisotopic (exact) mass is 380 g/mol. The quantitative estimate of drug-likeness (QED) is 0.738. The summed E-state index contributed by atoms with van der Waals surface area (Å²) >= 11 is 0. The van der Waals surface area contributed by atoms with E-state index in [4.69, 9.17) is 10.5 Å². The van der Waals surface area contributed by atoms with Gasteiger partial charge in [0.25, 0.3) is 0 Å². The van der Waals surface area contributed by atoms with E-state index in [0.717, 1.165) is 17.7 Å². The predicted molar refractivity (Wildman–Crippen MR) is 92.4 cm³/mol. The highest BCUT2D eigenvalue weighted by Crippen LogP contribution is 2.29. The molecule has 3 N–H and O–H groups in total. The summed E-state index contributed by atoms with van der Waals surface area (Å²) in [5, 5.41) is 2.39. The van der Waals surface area contributed by atoms with E-state index in [2.05, 4.69) is 5.32 Å². The van der Waals surface area contributed by atoms with Crippen LogP contribution in [0.5, 0.6) is 0 Å². The number of rotatable bonds is 8. The molecule has 8 heteroatoms. The lowest BCUT2D eigenvalue weighted by atomic mass is 10.0. The second-order valence-electron chi connectivity index (χ2n) is 5.90. The fourth-order valence-corrected chi connectivity index (χ4v) is 2.40. The predicted octanol–water partition coefficient (Wildman–Crippen LogP) is 2.43. The first kappa shape index (κ1) is 20.4. The van der Waals surface area contributed by atoms with Gasteiger partial charge in [-0.2, -0.15) is 13.2 Å². The summed E-state index contributed by atoms with van der Waals surface area (Å²) in [6.07, 6.45) is -4.64. The van der Waals surface area contributed by atoms with Crippen LogP contribution in [0.15, 0.2) is 54.6 Å². The van der Waals surface area contributed by atoms with E-state index >= 15 is 0 Å². The topological polar surface area (TPSA) is 81.4 Å². The molecular weight excluding hydrogens is 361 g/mol. The van der Waals surface area contributed by atoms with Crippen molar-refractivity contribution in [3.8, 4) is 0 Å². The van der Waals surface area contributed by atoms with E-state index in [0.29, 0.717) is 0 Å². The van der Waals surface area contributed by atoms with Crippen molar-refractivity contribution in [3.05, 3.63) is 71.3 Å². The first-order valence-corrected chi connectivity index (χ1v) is 8.12. The first-order chi connectivity index (χ1) is 12.8. The van der Waals surface area contributed by atoms with Crippen molar-refractivity contribution in [2.75, 3.05) is 6.61 Å². The van der Waals surface area contributed by atoms with Crippen molar-refractivity contribution in [1.29, 1.82) is 0 Å². The van der Waals surface area contributed by atoms with Crippen LogP contribution in [-0.4, -0.2) is 24.5 Å². The molecule has 5 nitrogen and oxygen atoms in total. The summed E-state index contributed by atoms with van der Waals surface area (Å²) in [4.78, 5) is 23.5. The number of ether oxygens (including phenoxy) is 1. The molecule has 27 heavy (non-hydrogen) atoms. The molecule has 0 heterocycles. The van der Waals surface area contributed by atoms with Crippen LogP contribution < -0.4 is 11.1 Å². The number of hydrogen-bond acceptors (Lipinski definition) is 3. The lowest BCUT2D eigenvalue weighted by Crippen LogP contribution is -2.47. The zero-order valence-corrected chi connectivity index (χ0v) is 14.3. The summed E-state index contributed by atoms with van der Waals surface area (Å²) in [6, 6.07) is 12.6. The second kappa shape index (κ2) is 9.18.